The molecule has 1 aliphatic heterocycles. The highest BCUT2D eigenvalue weighted by Gasteiger charge is 2.28. The number of nitrogens with zero attached hydrogens (tertiary/aromatic N) is 2. The molecule has 0 spiro atoms. The molecule has 0 atom stereocenters. The summed E-state index contributed by atoms with van der Waals surface area (Å²) in [7, 11) is 0. The van der Waals surface area contributed by atoms with Gasteiger partial charge in [0.05, 0.1) is 5.92 Å². The van der Waals surface area contributed by atoms with Gasteiger partial charge in [-0.1, -0.05) is 42.2 Å². The molecule has 4 rings (SSSR count). The maximum atomic E-state index is 12.2. The minimum absolute atomic E-state index is 0.0934. The molecule has 5 nitrogen and oxygen atoms in total. The summed E-state index contributed by atoms with van der Waals surface area (Å²) in [6.07, 6.45) is 1.45. The zero-order valence-electron chi connectivity index (χ0n) is 14.9. The Labute approximate surface area is 157 Å². The third kappa shape index (κ3) is 4.12. The number of para-hydroxylation sites is 2. The van der Waals surface area contributed by atoms with Gasteiger partial charge in [0.25, 0.3) is 6.01 Å². The van der Waals surface area contributed by atoms with Crippen molar-refractivity contribution in [2.75, 3.05) is 24.6 Å². The van der Waals surface area contributed by atoms with Gasteiger partial charge >= 0.3 is 5.97 Å². The number of hydrogen-bond acceptors (Lipinski definition) is 5. The van der Waals surface area contributed by atoms with Crippen molar-refractivity contribution in [1.29, 1.82) is 0 Å². The lowest BCUT2D eigenvalue weighted by Crippen LogP contribution is -2.37. The lowest BCUT2D eigenvalue weighted by Gasteiger charge is -2.29. The molecule has 0 bridgehead atoms. The average Bonchev–Trinajstić information content (AvgIpc) is 3.16. The Morgan fingerprint density at radius 2 is 1.85 bits per heavy atom. The largest absolute Gasteiger partial charge is 0.452 e. The fraction of sp³-hybridized carbons (Fsp3) is 0.273. The summed E-state index contributed by atoms with van der Waals surface area (Å²) >= 11 is 0. The Morgan fingerprint density at radius 1 is 1.11 bits per heavy atom. The van der Waals surface area contributed by atoms with Crippen molar-refractivity contribution < 1.29 is 13.9 Å². The van der Waals surface area contributed by atoms with Crippen molar-refractivity contribution in [3.8, 4) is 11.8 Å². The zero-order chi connectivity index (χ0) is 18.5. The second-order valence-electron chi connectivity index (χ2n) is 6.50. The van der Waals surface area contributed by atoms with Crippen LogP contribution in [0.25, 0.3) is 11.1 Å². The van der Waals surface area contributed by atoms with Crippen LogP contribution in [-0.4, -0.2) is 30.6 Å². The Morgan fingerprint density at radius 3 is 2.63 bits per heavy atom. The number of oxazole rings is 1. The Kier molecular flexibility index (Phi) is 5.06. The molecule has 0 aliphatic carbocycles. The van der Waals surface area contributed by atoms with Gasteiger partial charge in [0.1, 0.15) is 5.52 Å². The second-order valence-corrected chi connectivity index (χ2v) is 6.50. The molecule has 1 saturated heterocycles. The predicted octanol–water partition coefficient (Wildman–Crippen LogP) is 3.64. The lowest BCUT2D eigenvalue weighted by atomic mass is 9.97. The molecule has 0 saturated carbocycles. The minimum Gasteiger partial charge on any atom is -0.452 e. The SMILES string of the molecule is O=C(OCC#Cc1ccccc1)C1CCN(c2nc3ccccc3o2)CC1. The number of piperidine rings is 1. The monoisotopic (exact) mass is 360 g/mol. The summed E-state index contributed by atoms with van der Waals surface area (Å²) in [4.78, 5) is 18.8. The molecule has 0 amide bonds. The predicted molar refractivity (Wildman–Crippen MR) is 103 cm³/mol. The summed E-state index contributed by atoms with van der Waals surface area (Å²) in [6, 6.07) is 18.0. The number of rotatable bonds is 3. The van der Waals surface area contributed by atoms with E-state index in [4.69, 9.17) is 9.15 Å². The smallest absolute Gasteiger partial charge is 0.310 e. The molecular formula is C22H20N2O3. The van der Waals surface area contributed by atoms with Gasteiger partial charge in [0.15, 0.2) is 12.2 Å². The van der Waals surface area contributed by atoms with E-state index < -0.39 is 0 Å². The molecule has 2 heterocycles. The summed E-state index contributed by atoms with van der Waals surface area (Å²) in [6.45, 7) is 1.57. The van der Waals surface area contributed by atoms with Crippen LogP contribution in [0, 0.1) is 17.8 Å². The highest BCUT2D eigenvalue weighted by atomic mass is 16.5. The van der Waals surface area contributed by atoms with Crippen LogP contribution in [0.5, 0.6) is 0 Å². The highest BCUT2D eigenvalue weighted by molar-refractivity contribution is 5.75. The maximum Gasteiger partial charge on any atom is 0.310 e. The Balaban J connectivity index is 1.27. The number of carbonyl (C=O) groups excluding carboxylic acids is 1. The molecule has 2 aromatic carbocycles. The highest BCUT2D eigenvalue weighted by Crippen LogP contribution is 2.26. The van der Waals surface area contributed by atoms with Crippen molar-refractivity contribution in [2.45, 2.75) is 12.8 Å². The topological polar surface area (TPSA) is 55.6 Å². The van der Waals surface area contributed by atoms with Crippen LogP contribution < -0.4 is 4.90 Å². The quantitative estimate of drug-likeness (QED) is 0.527. The number of fused-ring (bicyclic) bond motifs is 1. The fourth-order valence-electron chi connectivity index (χ4n) is 3.19. The van der Waals surface area contributed by atoms with Crippen LogP contribution in [0.2, 0.25) is 0 Å². The Hall–Kier alpha value is -3.26. The molecule has 0 radical (unpaired) electrons. The molecule has 3 aromatic rings. The van der Waals surface area contributed by atoms with Crippen LogP contribution in [0.4, 0.5) is 6.01 Å². The third-order valence-electron chi connectivity index (χ3n) is 4.67. The fourth-order valence-corrected chi connectivity index (χ4v) is 3.19. The number of ether oxygens (including phenoxy) is 1. The van der Waals surface area contributed by atoms with Gasteiger partial charge in [-0.05, 0) is 37.1 Å². The summed E-state index contributed by atoms with van der Waals surface area (Å²) in [5.41, 5.74) is 2.55. The van der Waals surface area contributed by atoms with Gasteiger partial charge in [-0.3, -0.25) is 4.79 Å². The molecule has 5 heteroatoms. The van der Waals surface area contributed by atoms with Crippen molar-refractivity contribution in [3.05, 3.63) is 60.2 Å². The molecule has 1 fully saturated rings. The zero-order valence-corrected chi connectivity index (χ0v) is 14.9. The van der Waals surface area contributed by atoms with Gasteiger partial charge in [-0.25, -0.2) is 0 Å². The van der Waals surface area contributed by atoms with Gasteiger partial charge in [0.2, 0.25) is 0 Å². The molecule has 1 aromatic heterocycles. The number of carbonyl (C=O) groups is 1. The van der Waals surface area contributed by atoms with Gasteiger partial charge in [0, 0.05) is 18.7 Å². The van der Waals surface area contributed by atoms with Crippen molar-refractivity contribution in [3.63, 3.8) is 0 Å². The minimum atomic E-state index is -0.172. The second kappa shape index (κ2) is 7.96. The standard InChI is InChI=1S/C22H20N2O3/c25-21(26-16-6-9-17-7-2-1-3-8-17)18-12-14-24(15-13-18)22-23-19-10-4-5-11-20(19)27-22/h1-5,7-8,10-11,18H,12-16H2. The van der Waals surface area contributed by atoms with E-state index in [1.807, 2.05) is 54.6 Å². The van der Waals surface area contributed by atoms with Crippen molar-refractivity contribution >= 4 is 23.1 Å². The first kappa shape index (κ1) is 17.2. The van der Waals surface area contributed by atoms with Crippen LogP contribution in [-0.2, 0) is 9.53 Å². The van der Waals surface area contributed by atoms with E-state index in [9.17, 15) is 4.79 Å². The van der Waals surface area contributed by atoms with E-state index in [-0.39, 0.29) is 18.5 Å². The van der Waals surface area contributed by atoms with Crippen LogP contribution >= 0.6 is 0 Å². The number of esters is 1. The van der Waals surface area contributed by atoms with Crippen LogP contribution in [0.15, 0.2) is 59.0 Å². The first-order chi connectivity index (χ1) is 13.3. The van der Waals surface area contributed by atoms with Gasteiger partial charge in [-0.2, -0.15) is 4.98 Å². The van der Waals surface area contributed by atoms with E-state index in [2.05, 4.69) is 21.7 Å². The molecule has 136 valence electrons. The van der Waals surface area contributed by atoms with E-state index in [0.717, 1.165) is 42.6 Å². The van der Waals surface area contributed by atoms with E-state index in [1.54, 1.807) is 0 Å². The van der Waals surface area contributed by atoms with E-state index in [1.165, 1.54) is 0 Å². The van der Waals surface area contributed by atoms with Gasteiger partial charge in [-0.15, -0.1) is 0 Å². The molecule has 1 aliphatic rings. The van der Waals surface area contributed by atoms with Crippen LogP contribution in [0.3, 0.4) is 0 Å². The first-order valence-electron chi connectivity index (χ1n) is 9.11. The van der Waals surface area contributed by atoms with Crippen molar-refractivity contribution in [1.82, 2.24) is 4.98 Å². The number of hydrogen-bond donors (Lipinski definition) is 0. The first-order valence-corrected chi connectivity index (χ1v) is 9.11. The number of benzene rings is 2. The third-order valence-corrected chi connectivity index (χ3v) is 4.67. The lowest BCUT2D eigenvalue weighted by molar-refractivity contribution is -0.147. The number of aromatic nitrogens is 1. The molecule has 0 N–H and O–H groups in total. The summed E-state index contributed by atoms with van der Waals surface area (Å²) in [5, 5.41) is 0. The Bertz CT molecular complexity index is 944. The molecule has 0 unspecified atom stereocenters. The molecular weight excluding hydrogens is 340 g/mol. The normalized spacial score (nSPS) is 14.6. The summed E-state index contributed by atoms with van der Waals surface area (Å²) < 4.78 is 11.1. The molecule has 27 heavy (non-hydrogen) atoms. The average molecular weight is 360 g/mol. The van der Waals surface area contributed by atoms with E-state index in [0.29, 0.717) is 6.01 Å². The maximum absolute atomic E-state index is 12.2. The summed E-state index contributed by atoms with van der Waals surface area (Å²) in [5.74, 6) is 5.62. The van der Waals surface area contributed by atoms with Gasteiger partial charge < -0.3 is 14.1 Å². The number of anilines is 1. The van der Waals surface area contributed by atoms with Crippen LogP contribution in [0.1, 0.15) is 18.4 Å². The van der Waals surface area contributed by atoms with E-state index >= 15 is 0 Å². The van der Waals surface area contributed by atoms with Crippen molar-refractivity contribution in [2.24, 2.45) is 5.92 Å².